The molecular formula is C12H17ClN6O. The Morgan fingerprint density at radius 3 is 2.75 bits per heavy atom. The summed E-state index contributed by atoms with van der Waals surface area (Å²) in [5, 5.41) is 3.46. The summed E-state index contributed by atoms with van der Waals surface area (Å²) in [6.07, 6.45) is 0.859. The first-order chi connectivity index (χ1) is 9.70. The van der Waals surface area contributed by atoms with Gasteiger partial charge in [-0.1, -0.05) is 6.92 Å². The summed E-state index contributed by atoms with van der Waals surface area (Å²) in [6.45, 7) is 6.09. The second kappa shape index (κ2) is 5.41. The van der Waals surface area contributed by atoms with Crippen LogP contribution >= 0.6 is 11.6 Å². The molecule has 3 heterocycles. The van der Waals surface area contributed by atoms with Gasteiger partial charge in [0, 0.05) is 32.7 Å². The molecule has 3 rings (SSSR count). The Morgan fingerprint density at radius 2 is 2.05 bits per heavy atom. The van der Waals surface area contributed by atoms with E-state index >= 15 is 0 Å². The Balaban J connectivity index is 2.16. The van der Waals surface area contributed by atoms with E-state index in [4.69, 9.17) is 11.6 Å². The minimum absolute atomic E-state index is 0.158. The number of aromatic amines is 1. The molecule has 0 spiro atoms. The second-order valence-electron chi connectivity index (χ2n) is 4.83. The van der Waals surface area contributed by atoms with Gasteiger partial charge in [0.05, 0.1) is 0 Å². The maximum absolute atomic E-state index is 12.0. The molecule has 1 aliphatic rings. The average molecular weight is 297 g/mol. The maximum atomic E-state index is 12.0. The molecule has 1 aliphatic heterocycles. The van der Waals surface area contributed by atoms with E-state index in [1.807, 2.05) is 6.92 Å². The molecule has 2 aromatic rings. The van der Waals surface area contributed by atoms with Gasteiger partial charge in [-0.15, -0.1) is 0 Å². The lowest BCUT2D eigenvalue weighted by molar-refractivity contribution is 0.586. The summed E-state index contributed by atoms with van der Waals surface area (Å²) in [5.41, 5.74) is 1.11. The van der Waals surface area contributed by atoms with Crippen molar-refractivity contribution in [3.63, 3.8) is 0 Å². The highest BCUT2D eigenvalue weighted by molar-refractivity contribution is 6.28. The zero-order chi connectivity index (χ0) is 14.1. The standard InChI is InChI=1S/C12H17ClN6O/c1-2-5-19-10-8(15-12(19)20)9(16-11(13)17-10)18-6-3-14-4-7-18/h14H,2-7H2,1H3,(H,15,20). The number of H-pyrrole nitrogens is 1. The number of nitrogens with one attached hydrogen (secondary N) is 2. The third kappa shape index (κ3) is 2.27. The summed E-state index contributed by atoms with van der Waals surface area (Å²) in [4.78, 5) is 25.6. The van der Waals surface area contributed by atoms with Crippen LogP contribution in [0.5, 0.6) is 0 Å². The lowest BCUT2D eigenvalue weighted by atomic mass is 10.3. The van der Waals surface area contributed by atoms with E-state index < -0.39 is 0 Å². The van der Waals surface area contributed by atoms with Crippen LogP contribution in [0.2, 0.25) is 5.28 Å². The van der Waals surface area contributed by atoms with Crippen LogP contribution in [0.3, 0.4) is 0 Å². The Kier molecular flexibility index (Phi) is 3.62. The third-order valence-corrected chi connectivity index (χ3v) is 3.61. The Hall–Kier alpha value is -1.60. The van der Waals surface area contributed by atoms with Crippen LogP contribution < -0.4 is 15.9 Å². The van der Waals surface area contributed by atoms with Gasteiger partial charge in [-0.05, 0) is 18.0 Å². The van der Waals surface area contributed by atoms with E-state index in [2.05, 4.69) is 25.2 Å². The van der Waals surface area contributed by atoms with Gasteiger partial charge in [0.15, 0.2) is 11.5 Å². The summed E-state index contributed by atoms with van der Waals surface area (Å²) in [6, 6.07) is 0. The molecule has 0 bridgehead atoms. The second-order valence-corrected chi connectivity index (χ2v) is 5.17. The van der Waals surface area contributed by atoms with Crippen molar-refractivity contribution in [2.24, 2.45) is 0 Å². The Labute approximate surface area is 121 Å². The molecule has 0 unspecified atom stereocenters. The first kappa shape index (κ1) is 13.4. The molecule has 1 saturated heterocycles. The minimum Gasteiger partial charge on any atom is -0.352 e. The van der Waals surface area contributed by atoms with Gasteiger partial charge >= 0.3 is 5.69 Å². The number of imidazole rings is 1. The monoisotopic (exact) mass is 296 g/mol. The van der Waals surface area contributed by atoms with Crippen molar-refractivity contribution in [3.05, 3.63) is 15.8 Å². The fourth-order valence-electron chi connectivity index (χ4n) is 2.53. The number of halogens is 1. The number of rotatable bonds is 3. The van der Waals surface area contributed by atoms with Crippen molar-refractivity contribution in [2.45, 2.75) is 19.9 Å². The molecule has 0 atom stereocenters. The molecule has 0 aliphatic carbocycles. The molecule has 1 fully saturated rings. The SMILES string of the molecule is CCCn1c(=O)[nH]c2c(N3CCNCC3)nc(Cl)nc21. The Morgan fingerprint density at radius 1 is 1.30 bits per heavy atom. The highest BCUT2D eigenvalue weighted by atomic mass is 35.5. The van der Waals surface area contributed by atoms with Crippen molar-refractivity contribution in [3.8, 4) is 0 Å². The summed E-state index contributed by atoms with van der Waals surface area (Å²) < 4.78 is 1.62. The van der Waals surface area contributed by atoms with Crippen molar-refractivity contribution >= 4 is 28.6 Å². The minimum atomic E-state index is -0.158. The van der Waals surface area contributed by atoms with E-state index in [0.29, 0.717) is 23.5 Å². The molecule has 0 saturated carbocycles. The van der Waals surface area contributed by atoms with Crippen molar-refractivity contribution in [1.82, 2.24) is 24.8 Å². The highest BCUT2D eigenvalue weighted by Crippen LogP contribution is 2.23. The van der Waals surface area contributed by atoms with E-state index in [1.165, 1.54) is 0 Å². The number of aryl methyl sites for hydroxylation is 1. The molecule has 0 amide bonds. The molecule has 0 radical (unpaired) electrons. The maximum Gasteiger partial charge on any atom is 0.327 e. The molecule has 2 aromatic heterocycles. The number of aromatic nitrogens is 4. The quantitative estimate of drug-likeness (QED) is 0.811. The molecule has 20 heavy (non-hydrogen) atoms. The van der Waals surface area contributed by atoms with Gasteiger partial charge in [-0.25, -0.2) is 4.79 Å². The zero-order valence-corrected chi connectivity index (χ0v) is 12.1. The van der Waals surface area contributed by atoms with E-state index in [-0.39, 0.29) is 11.0 Å². The summed E-state index contributed by atoms with van der Waals surface area (Å²) in [7, 11) is 0. The average Bonchev–Trinajstić information content (AvgIpc) is 2.76. The summed E-state index contributed by atoms with van der Waals surface area (Å²) in [5.74, 6) is 0.716. The van der Waals surface area contributed by atoms with E-state index in [1.54, 1.807) is 4.57 Å². The number of hydrogen-bond donors (Lipinski definition) is 2. The molecular weight excluding hydrogens is 280 g/mol. The van der Waals surface area contributed by atoms with Crippen LogP contribution in [0.15, 0.2) is 4.79 Å². The normalized spacial score (nSPS) is 16.0. The van der Waals surface area contributed by atoms with Crippen molar-refractivity contribution < 1.29 is 0 Å². The third-order valence-electron chi connectivity index (χ3n) is 3.44. The summed E-state index contributed by atoms with van der Waals surface area (Å²) >= 11 is 6.03. The van der Waals surface area contributed by atoms with Gasteiger partial charge < -0.3 is 15.2 Å². The van der Waals surface area contributed by atoms with Crippen LogP contribution in [0, 0.1) is 0 Å². The van der Waals surface area contributed by atoms with Crippen molar-refractivity contribution in [1.29, 1.82) is 0 Å². The fourth-order valence-corrected chi connectivity index (χ4v) is 2.69. The van der Waals surface area contributed by atoms with Gasteiger partial charge in [-0.3, -0.25) is 4.57 Å². The van der Waals surface area contributed by atoms with Crippen LogP contribution in [-0.2, 0) is 6.54 Å². The van der Waals surface area contributed by atoms with Crippen LogP contribution in [0.25, 0.3) is 11.2 Å². The molecule has 7 nitrogen and oxygen atoms in total. The predicted octanol–water partition coefficient (Wildman–Crippen LogP) is 0.593. The largest absolute Gasteiger partial charge is 0.352 e. The van der Waals surface area contributed by atoms with Crippen LogP contribution in [0.1, 0.15) is 13.3 Å². The topological polar surface area (TPSA) is 78.8 Å². The van der Waals surface area contributed by atoms with Crippen molar-refractivity contribution in [2.75, 3.05) is 31.1 Å². The molecule has 108 valence electrons. The predicted molar refractivity (Wildman–Crippen MR) is 78.5 cm³/mol. The highest BCUT2D eigenvalue weighted by Gasteiger charge is 2.20. The van der Waals surface area contributed by atoms with Crippen LogP contribution in [-0.4, -0.2) is 45.7 Å². The fraction of sp³-hybridized carbons (Fsp3) is 0.583. The molecule has 2 N–H and O–H groups in total. The zero-order valence-electron chi connectivity index (χ0n) is 11.3. The number of piperazine rings is 1. The molecule has 8 heteroatoms. The number of fused-ring (bicyclic) bond motifs is 1. The number of nitrogens with zero attached hydrogens (tertiary/aromatic N) is 4. The first-order valence-corrected chi connectivity index (χ1v) is 7.20. The smallest absolute Gasteiger partial charge is 0.327 e. The number of anilines is 1. The van der Waals surface area contributed by atoms with E-state index in [0.717, 1.165) is 32.6 Å². The van der Waals surface area contributed by atoms with E-state index in [9.17, 15) is 4.79 Å². The molecule has 0 aromatic carbocycles. The lowest BCUT2D eigenvalue weighted by Crippen LogP contribution is -2.44. The first-order valence-electron chi connectivity index (χ1n) is 6.82. The van der Waals surface area contributed by atoms with Gasteiger partial charge in [0.25, 0.3) is 0 Å². The Bertz CT molecular complexity index is 672. The number of hydrogen-bond acceptors (Lipinski definition) is 5. The lowest BCUT2D eigenvalue weighted by Gasteiger charge is -2.28. The van der Waals surface area contributed by atoms with Gasteiger partial charge in [0.1, 0.15) is 5.52 Å². The van der Waals surface area contributed by atoms with Crippen LogP contribution in [0.4, 0.5) is 5.82 Å². The van der Waals surface area contributed by atoms with Gasteiger partial charge in [0.2, 0.25) is 5.28 Å². The van der Waals surface area contributed by atoms with Gasteiger partial charge in [-0.2, -0.15) is 9.97 Å².